The summed E-state index contributed by atoms with van der Waals surface area (Å²) in [5.74, 6) is 8.09. The van der Waals surface area contributed by atoms with Gasteiger partial charge in [-0.2, -0.15) is 0 Å². The van der Waals surface area contributed by atoms with Crippen molar-refractivity contribution in [1.29, 1.82) is 0 Å². The number of carbonyl (C=O) groups excluding carboxylic acids is 1. The molecule has 1 saturated heterocycles. The van der Waals surface area contributed by atoms with Crippen LogP contribution in [0.4, 0.5) is 0 Å². The molecule has 9 heavy (non-hydrogen) atoms. The van der Waals surface area contributed by atoms with E-state index < -0.39 is 0 Å². The molecule has 6 N–H and O–H groups in total. The Morgan fingerprint density at radius 3 is 2.33 bits per heavy atom. The lowest BCUT2D eigenvalue weighted by molar-refractivity contribution is -0.119. The zero-order valence-electron chi connectivity index (χ0n) is 5.35. The molecule has 1 rings (SSSR count). The molecule has 1 amide bonds. The monoisotopic (exact) mass is 132 g/mol. The summed E-state index contributed by atoms with van der Waals surface area (Å²) in [6.45, 7) is 1.96. The minimum atomic E-state index is 0.0903. The molecule has 0 saturated carbocycles. The van der Waals surface area contributed by atoms with Gasteiger partial charge in [-0.15, -0.1) is 0 Å². The Morgan fingerprint density at radius 1 is 1.67 bits per heavy atom. The summed E-state index contributed by atoms with van der Waals surface area (Å²) in [5.41, 5.74) is 5.25. The third kappa shape index (κ3) is 3.02. The molecule has 54 valence electrons. The Morgan fingerprint density at radius 2 is 2.22 bits per heavy atom. The van der Waals surface area contributed by atoms with Gasteiger partial charge in [-0.25, -0.2) is 5.43 Å². The number of nitrogens with two attached hydrogens (primary N) is 2. The van der Waals surface area contributed by atoms with Gasteiger partial charge in [0.25, 0.3) is 0 Å². The molecule has 0 aromatic carbocycles. The van der Waals surface area contributed by atoms with E-state index in [0.717, 1.165) is 0 Å². The predicted molar refractivity (Wildman–Crippen MR) is 33.7 cm³/mol. The van der Waals surface area contributed by atoms with E-state index in [-0.39, 0.29) is 5.91 Å². The molecule has 1 aliphatic rings. The van der Waals surface area contributed by atoms with Crippen molar-refractivity contribution in [2.45, 2.75) is 19.4 Å². The molecule has 0 aromatic heterocycles. The first-order valence-electron chi connectivity index (χ1n) is 2.67. The summed E-state index contributed by atoms with van der Waals surface area (Å²) >= 11 is 0. The third-order valence-corrected chi connectivity index (χ3v) is 0.950. The molecule has 0 radical (unpaired) electrons. The van der Waals surface area contributed by atoms with Gasteiger partial charge in [0.2, 0.25) is 5.91 Å². The Balaban J connectivity index is 0.000000291. The molecule has 1 aliphatic heterocycles. The fraction of sp³-hybridized carbons (Fsp3) is 0.750. The highest BCUT2D eigenvalue weighted by Gasteiger charge is 2.14. The minimum absolute atomic E-state index is 0.0903. The molecule has 1 heterocycles. The first kappa shape index (κ1) is 8.35. The van der Waals surface area contributed by atoms with Crippen LogP contribution in [-0.2, 0) is 4.79 Å². The van der Waals surface area contributed by atoms with Crippen molar-refractivity contribution in [3.63, 3.8) is 0 Å². The molecule has 5 nitrogen and oxygen atoms in total. The number of hydrogen-bond acceptors (Lipinski definition) is 4. The lowest BCUT2D eigenvalue weighted by Gasteiger charge is -1.93. The van der Waals surface area contributed by atoms with Crippen LogP contribution in [0.3, 0.4) is 0 Å². The van der Waals surface area contributed by atoms with Crippen LogP contribution in [0.25, 0.3) is 0 Å². The van der Waals surface area contributed by atoms with Crippen molar-refractivity contribution in [3.05, 3.63) is 0 Å². The first-order chi connectivity index (χ1) is 4.29. The fourth-order valence-electron chi connectivity index (χ4n) is 0.584. The summed E-state index contributed by atoms with van der Waals surface area (Å²) in [7, 11) is 0. The summed E-state index contributed by atoms with van der Waals surface area (Å²) < 4.78 is 0. The van der Waals surface area contributed by atoms with E-state index >= 15 is 0 Å². The number of hydrazine groups is 2. The maximum atomic E-state index is 10.3. The SMILES string of the molecule is CC1CC(=O)NN1.NN. The van der Waals surface area contributed by atoms with Gasteiger partial charge >= 0.3 is 0 Å². The highest BCUT2D eigenvalue weighted by atomic mass is 16.2. The van der Waals surface area contributed by atoms with E-state index in [4.69, 9.17) is 0 Å². The number of amides is 1. The van der Waals surface area contributed by atoms with Crippen LogP contribution in [0.15, 0.2) is 0 Å². The molecular formula is C4H12N4O. The molecule has 0 spiro atoms. The van der Waals surface area contributed by atoms with E-state index in [9.17, 15) is 4.79 Å². The van der Waals surface area contributed by atoms with E-state index in [0.29, 0.717) is 12.5 Å². The van der Waals surface area contributed by atoms with Crippen LogP contribution in [-0.4, -0.2) is 11.9 Å². The fourth-order valence-corrected chi connectivity index (χ4v) is 0.584. The number of carbonyl (C=O) groups is 1. The molecule has 0 aromatic rings. The molecule has 0 aliphatic carbocycles. The highest BCUT2D eigenvalue weighted by Crippen LogP contribution is 1.93. The molecule has 5 heteroatoms. The lowest BCUT2D eigenvalue weighted by atomic mass is 10.3. The average molecular weight is 132 g/mol. The highest BCUT2D eigenvalue weighted by molar-refractivity contribution is 5.77. The Kier molecular flexibility index (Phi) is 3.94. The van der Waals surface area contributed by atoms with Crippen LogP contribution in [0.5, 0.6) is 0 Å². The zero-order chi connectivity index (χ0) is 7.28. The van der Waals surface area contributed by atoms with Gasteiger partial charge in [0.15, 0.2) is 0 Å². The topological polar surface area (TPSA) is 93.2 Å². The summed E-state index contributed by atoms with van der Waals surface area (Å²) in [4.78, 5) is 10.3. The molecule has 1 atom stereocenters. The van der Waals surface area contributed by atoms with Gasteiger partial charge in [-0.1, -0.05) is 0 Å². The van der Waals surface area contributed by atoms with Crippen LogP contribution in [0.1, 0.15) is 13.3 Å². The van der Waals surface area contributed by atoms with Gasteiger partial charge in [0.05, 0.1) is 0 Å². The Bertz CT molecular complexity index is 94.6. The van der Waals surface area contributed by atoms with Gasteiger partial charge in [0, 0.05) is 12.5 Å². The van der Waals surface area contributed by atoms with E-state index in [1.807, 2.05) is 6.92 Å². The number of rotatable bonds is 0. The molecule has 1 unspecified atom stereocenters. The Labute approximate surface area is 53.7 Å². The summed E-state index contributed by atoms with van der Waals surface area (Å²) in [5, 5.41) is 0. The van der Waals surface area contributed by atoms with E-state index in [1.54, 1.807) is 0 Å². The number of hydrogen-bond donors (Lipinski definition) is 4. The Hall–Kier alpha value is -0.650. The predicted octanol–water partition coefficient (Wildman–Crippen LogP) is -1.78. The molecule has 1 fully saturated rings. The van der Waals surface area contributed by atoms with Crippen LogP contribution < -0.4 is 22.5 Å². The zero-order valence-corrected chi connectivity index (χ0v) is 5.35. The van der Waals surface area contributed by atoms with E-state index in [2.05, 4.69) is 22.5 Å². The van der Waals surface area contributed by atoms with Gasteiger partial charge in [0.1, 0.15) is 0 Å². The molecular weight excluding hydrogens is 120 g/mol. The van der Waals surface area contributed by atoms with Crippen LogP contribution in [0, 0.1) is 0 Å². The standard InChI is InChI=1S/C4H8N2O.H4N2/c1-3-2-4(7)6-5-3;1-2/h3,5H,2H2,1H3,(H,6,7);1-2H2. The maximum Gasteiger partial charge on any atom is 0.235 e. The largest absolute Gasteiger partial charge is 0.291 e. The van der Waals surface area contributed by atoms with Crippen molar-refractivity contribution < 1.29 is 4.79 Å². The van der Waals surface area contributed by atoms with Crippen molar-refractivity contribution >= 4 is 5.91 Å². The van der Waals surface area contributed by atoms with Crippen molar-refractivity contribution in [3.8, 4) is 0 Å². The van der Waals surface area contributed by atoms with Gasteiger partial charge in [-0.3, -0.25) is 21.9 Å². The van der Waals surface area contributed by atoms with Crippen molar-refractivity contribution in [2.75, 3.05) is 0 Å². The van der Waals surface area contributed by atoms with E-state index in [1.165, 1.54) is 0 Å². The number of nitrogens with one attached hydrogen (secondary N) is 2. The summed E-state index contributed by atoms with van der Waals surface area (Å²) in [6, 6.07) is 0.312. The normalized spacial score (nSPS) is 24.3. The minimum Gasteiger partial charge on any atom is -0.291 e. The van der Waals surface area contributed by atoms with Gasteiger partial charge < -0.3 is 0 Å². The third-order valence-electron chi connectivity index (χ3n) is 0.950. The van der Waals surface area contributed by atoms with Crippen LogP contribution >= 0.6 is 0 Å². The second-order valence-electron chi connectivity index (χ2n) is 1.80. The van der Waals surface area contributed by atoms with Gasteiger partial charge in [-0.05, 0) is 6.92 Å². The first-order valence-corrected chi connectivity index (χ1v) is 2.67. The van der Waals surface area contributed by atoms with Crippen molar-refractivity contribution in [1.82, 2.24) is 10.9 Å². The molecule has 0 bridgehead atoms. The average Bonchev–Trinajstić information content (AvgIpc) is 2.20. The second-order valence-corrected chi connectivity index (χ2v) is 1.80. The van der Waals surface area contributed by atoms with Crippen LogP contribution in [0.2, 0.25) is 0 Å². The summed E-state index contributed by atoms with van der Waals surface area (Å²) in [6.07, 6.45) is 0.611. The van der Waals surface area contributed by atoms with Crippen molar-refractivity contribution in [2.24, 2.45) is 11.7 Å². The maximum absolute atomic E-state index is 10.3. The quantitative estimate of drug-likeness (QED) is 0.231. The smallest absolute Gasteiger partial charge is 0.235 e. The second kappa shape index (κ2) is 4.25. The lowest BCUT2D eigenvalue weighted by Crippen LogP contribution is -2.29.